The van der Waals surface area contributed by atoms with E-state index in [1.54, 1.807) is 0 Å². The molecule has 0 spiro atoms. The Morgan fingerprint density at radius 3 is 2.75 bits per heavy atom. The first-order valence-corrected chi connectivity index (χ1v) is 6.85. The van der Waals surface area contributed by atoms with Crippen molar-refractivity contribution in [3.63, 3.8) is 0 Å². The molecule has 2 aliphatic heterocycles. The molecule has 0 bridgehead atoms. The van der Waals surface area contributed by atoms with Crippen molar-refractivity contribution in [3.05, 3.63) is 47.2 Å². The van der Waals surface area contributed by atoms with Crippen molar-refractivity contribution in [1.82, 2.24) is 10.2 Å². The van der Waals surface area contributed by atoms with Crippen molar-refractivity contribution in [2.75, 3.05) is 20.1 Å². The molecule has 106 valence electrons. The topological polar surface area (TPSA) is 79.7 Å². The fraction of sp³-hybridized carbons (Fsp3) is 0.400. The lowest BCUT2D eigenvalue weighted by Crippen LogP contribution is -2.54. The van der Waals surface area contributed by atoms with E-state index in [1.807, 2.05) is 13.0 Å². The highest BCUT2D eigenvalue weighted by atomic mass is 15.2. The molecule has 2 aliphatic rings. The van der Waals surface area contributed by atoms with Crippen molar-refractivity contribution in [1.29, 1.82) is 0 Å². The smallest absolute Gasteiger partial charge is 0.195 e. The van der Waals surface area contributed by atoms with E-state index in [0.29, 0.717) is 5.96 Å². The third-order valence-corrected chi connectivity index (χ3v) is 4.02. The average Bonchev–Trinajstić information content (AvgIpc) is 2.39. The zero-order valence-electron chi connectivity index (χ0n) is 11.9. The lowest BCUT2D eigenvalue weighted by molar-refractivity contribution is 0.296. The molecular weight excluding hydrogens is 250 g/mol. The summed E-state index contributed by atoms with van der Waals surface area (Å²) in [5, 5.41) is 3.24. The molecule has 0 aromatic heterocycles. The molecule has 5 heteroatoms. The van der Waals surface area contributed by atoms with Gasteiger partial charge >= 0.3 is 0 Å². The van der Waals surface area contributed by atoms with Crippen LogP contribution in [0.5, 0.6) is 0 Å². The van der Waals surface area contributed by atoms with E-state index in [9.17, 15) is 0 Å². The van der Waals surface area contributed by atoms with Gasteiger partial charge in [0.2, 0.25) is 0 Å². The average molecular weight is 271 g/mol. The van der Waals surface area contributed by atoms with E-state index < -0.39 is 5.66 Å². The van der Waals surface area contributed by atoms with Crippen LogP contribution in [-0.2, 0) is 0 Å². The van der Waals surface area contributed by atoms with Crippen molar-refractivity contribution < 1.29 is 0 Å². The van der Waals surface area contributed by atoms with Crippen LogP contribution in [0.1, 0.15) is 18.4 Å². The molecule has 0 fully saturated rings. The van der Waals surface area contributed by atoms with Crippen molar-refractivity contribution in [2.24, 2.45) is 16.5 Å². The fourth-order valence-electron chi connectivity index (χ4n) is 3.07. The molecule has 3 rings (SSSR count). The van der Waals surface area contributed by atoms with Crippen LogP contribution in [0.4, 0.5) is 0 Å². The maximum absolute atomic E-state index is 6.33. The number of rotatable bonds is 1. The number of hydrogen-bond donors (Lipinski definition) is 3. The Bertz CT molecular complexity index is 573. The third-order valence-electron chi connectivity index (χ3n) is 4.02. The normalized spacial score (nSPS) is 30.6. The standard InChI is InChI=1S/C15H21N5/c1-15(17)12-9-20(2)8-11(10-6-4-3-5-7-10)13(12)18-14(16)19-15/h3-7,11H,8-9,17H2,1-2H3,(H3,16,18,19). The maximum atomic E-state index is 6.33. The Labute approximate surface area is 119 Å². The van der Waals surface area contributed by atoms with Gasteiger partial charge < -0.3 is 21.7 Å². The van der Waals surface area contributed by atoms with Gasteiger partial charge in [0.15, 0.2) is 5.96 Å². The summed E-state index contributed by atoms with van der Waals surface area (Å²) in [7, 11) is 2.11. The number of likely N-dealkylation sites (N-methyl/N-ethyl adjacent to an activating group) is 1. The summed E-state index contributed by atoms with van der Waals surface area (Å²) in [5.74, 6) is 0.654. The summed E-state index contributed by atoms with van der Waals surface area (Å²) in [6, 6.07) is 10.4. The van der Waals surface area contributed by atoms with Crippen LogP contribution >= 0.6 is 0 Å². The van der Waals surface area contributed by atoms with Crippen molar-refractivity contribution in [2.45, 2.75) is 18.5 Å². The third kappa shape index (κ3) is 2.19. The number of guanidine groups is 1. The van der Waals surface area contributed by atoms with Gasteiger partial charge in [0.05, 0.1) is 0 Å². The largest absolute Gasteiger partial charge is 0.370 e. The minimum absolute atomic E-state index is 0.252. The first-order valence-electron chi connectivity index (χ1n) is 6.85. The van der Waals surface area contributed by atoms with Crippen LogP contribution in [0.15, 0.2) is 46.6 Å². The SMILES string of the molecule is CN1CC2=C(NC(N)=NC2(C)N)C(c2ccccc2)C1. The Morgan fingerprint density at radius 1 is 1.35 bits per heavy atom. The van der Waals surface area contributed by atoms with Gasteiger partial charge in [-0.2, -0.15) is 0 Å². The maximum Gasteiger partial charge on any atom is 0.195 e. The summed E-state index contributed by atoms with van der Waals surface area (Å²) in [4.78, 5) is 6.62. The first kappa shape index (κ1) is 13.1. The van der Waals surface area contributed by atoms with E-state index in [4.69, 9.17) is 11.5 Å². The second-order valence-electron chi connectivity index (χ2n) is 5.82. The van der Waals surface area contributed by atoms with Gasteiger partial charge in [0.25, 0.3) is 0 Å². The summed E-state index contributed by atoms with van der Waals surface area (Å²) >= 11 is 0. The highest BCUT2D eigenvalue weighted by molar-refractivity contribution is 5.82. The van der Waals surface area contributed by atoms with Gasteiger partial charge in [-0.05, 0) is 19.5 Å². The summed E-state index contributed by atoms with van der Waals surface area (Å²) in [6.07, 6.45) is 0. The number of benzene rings is 1. The first-order chi connectivity index (χ1) is 9.47. The van der Waals surface area contributed by atoms with Gasteiger partial charge in [-0.3, -0.25) is 0 Å². The fourth-order valence-corrected chi connectivity index (χ4v) is 3.07. The van der Waals surface area contributed by atoms with Crippen molar-refractivity contribution >= 4 is 5.96 Å². The second kappa shape index (κ2) is 4.61. The van der Waals surface area contributed by atoms with Crippen LogP contribution in [0.25, 0.3) is 0 Å². The number of aliphatic imine (C=N–C) groups is 1. The van der Waals surface area contributed by atoms with Gasteiger partial charge in [0.1, 0.15) is 5.66 Å². The molecule has 2 unspecified atom stereocenters. The van der Waals surface area contributed by atoms with Crippen molar-refractivity contribution in [3.8, 4) is 0 Å². The summed E-state index contributed by atoms with van der Waals surface area (Å²) in [6.45, 7) is 3.67. The Kier molecular flexibility index (Phi) is 3.03. The Morgan fingerprint density at radius 2 is 2.05 bits per heavy atom. The van der Waals surface area contributed by atoms with E-state index >= 15 is 0 Å². The molecular formula is C15H21N5. The van der Waals surface area contributed by atoms with E-state index in [-0.39, 0.29) is 5.92 Å². The Hall–Kier alpha value is -1.85. The molecule has 20 heavy (non-hydrogen) atoms. The van der Waals surface area contributed by atoms with E-state index in [1.165, 1.54) is 5.56 Å². The van der Waals surface area contributed by atoms with Gasteiger partial charge in [-0.25, -0.2) is 4.99 Å². The van der Waals surface area contributed by atoms with Crippen LogP contribution < -0.4 is 16.8 Å². The minimum Gasteiger partial charge on any atom is -0.370 e. The molecule has 5 nitrogen and oxygen atoms in total. The van der Waals surface area contributed by atoms with Crippen LogP contribution in [0.2, 0.25) is 0 Å². The zero-order valence-corrected chi connectivity index (χ0v) is 11.9. The molecule has 0 saturated carbocycles. The molecule has 5 N–H and O–H groups in total. The number of nitrogens with one attached hydrogen (secondary N) is 1. The minimum atomic E-state index is -0.730. The van der Waals surface area contributed by atoms with Crippen LogP contribution in [0, 0.1) is 0 Å². The van der Waals surface area contributed by atoms with E-state index in [0.717, 1.165) is 24.4 Å². The number of hydrogen-bond acceptors (Lipinski definition) is 5. The van der Waals surface area contributed by atoms with E-state index in [2.05, 4.69) is 46.5 Å². The summed E-state index contributed by atoms with van der Waals surface area (Å²) < 4.78 is 0. The number of nitrogens with zero attached hydrogens (tertiary/aromatic N) is 2. The molecule has 0 radical (unpaired) electrons. The predicted molar refractivity (Wildman–Crippen MR) is 81.1 cm³/mol. The van der Waals surface area contributed by atoms with Gasteiger partial charge in [-0.1, -0.05) is 30.3 Å². The molecule has 2 atom stereocenters. The zero-order chi connectivity index (χ0) is 14.3. The molecule has 1 aromatic rings. The molecule has 1 aromatic carbocycles. The monoisotopic (exact) mass is 271 g/mol. The lowest BCUT2D eigenvalue weighted by Gasteiger charge is -2.42. The van der Waals surface area contributed by atoms with Gasteiger partial charge in [-0.15, -0.1) is 0 Å². The highest BCUT2D eigenvalue weighted by Gasteiger charge is 2.38. The highest BCUT2D eigenvalue weighted by Crippen LogP contribution is 2.35. The quantitative estimate of drug-likeness (QED) is 0.697. The predicted octanol–water partition coefficient (Wildman–Crippen LogP) is 0.563. The molecule has 0 amide bonds. The van der Waals surface area contributed by atoms with Crippen LogP contribution in [0.3, 0.4) is 0 Å². The summed E-state index contributed by atoms with van der Waals surface area (Å²) in [5.41, 5.74) is 15.0. The molecule has 2 heterocycles. The van der Waals surface area contributed by atoms with Gasteiger partial charge in [0, 0.05) is 30.3 Å². The molecule has 0 aliphatic carbocycles. The molecule has 0 saturated heterocycles. The lowest BCUT2D eigenvalue weighted by atomic mass is 9.84. The van der Waals surface area contributed by atoms with Crippen LogP contribution in [-0.4, -0.2) is 36.7 Å². The number of nitrogens with two attached hydrogens (primary N) is 2. The second-order valence-corrected chi connectivity index (χ2v) is 5.82. The Balaban J connectivity index is 2.08.